The van der Waals surface area contributed by atoms with E-state index in [1.54, 1.807) is 23.3 Å². The standard InChI is InChI=1S/C21H20F2N4O/c22-15-10-16(23)12-17(11-15)27-20-3-1-2-19(18(20)13-25-27)26-21(28)5-4-14-6-8-24-9-7-14/h6-13,19H,1-5H2,(H,26,28)/t19-/m0/s1. The minimum absolute atomic E-state index is 0.0285. The summed E-state index contributed by atoms with van der Waals surface area (Å²) in [5, 5.41) is 7.40. The Hall–Kier alpha value is -3.09. The molecule has 0 saturated heterocycles. The third kappa shape index (κ3) is 3.93. The third-order valence-electron chi connectivity index (χ3n) is 5.00. The highest BCUT2D eigenvalue weighted by molar-refractivity contribution is 5.76. The summed E-state index contributed by atoms with van der Waals surface area (Å²) in [6.45, 7) is 0. The average Bonchev–Trinajstić information content (AvgIpc) is 3.12. The van der Waals surface area contributed by atoms with Gasteiger partial charge in [-0.1, -0.05) is 0 Å². The lowest BCUT2D eigenvalue weighted by atomic mass is 9.92. The van der Waals surface area contributed by atoms with E-state index in [0.717, 1.165) is 42.1 Å². The normalized spacial score (nSPS) is 15.9. The number of aromatic nitrogens is 3. The lowest BCUT2D eigenvalue weighted by Crippen LogP contribution is -2.31. The summed E-state index contributed by atoms with van der Waals surface area (Å²) >= 11 is 0. The molecule has 5 nitrogen and oxygen atoms in total. The average molecular weight is 382 g/mol. The zero-order chi connectivity index (χ0) is 19.5. The Kier molecular flexibility index (Phi) is 5.14. The molecule has 4 rings (SSSR count). The quantitative estimate of drug-likeness (QED) is 0.732. The van der Waals surface area contributed by atoms with E-state index in [2.05, 4.69) is 15.4 Å². The number of fused-ring (bicyclic) bond motifs is 1. The summed E-state index contributed by atoms with van der Waals surface area (Å²) in [4.78, 5) is 16.4. The van der Waals surface area contributed by atoms with Crippen molar-refractivity contribution in [1.82, 2.24) is 20.1 Å². The van der Waals surface area contributed by atoms with Crippen LogP contribution in [-0.4, -0.2) is 20.7 Å². The van der Waals surface area contributed by atoms with Crippen LogP contribution in [0.1, 0.15) is 42.1 Å². The van der Waals surface area contributed by atoms with Crippen LogP contribution in [0.5, 0.6) is 0 Å². The third-order valence-corrected chi connectivity index (χ3v) is 5.00. The molecule has 1 N–H and O–H groups in total. The fourth-order valence-electron chi connectivity index (χ4n) is 3.66. The van der Waals surface area contributed by atoms with E-state index in [1.807, 2.05) is 12.1 Å². The first kappa shape index (κ1) is 18.3. The number of carbonyl (C=O) groups is 1. The lowest BCUT2D eigenvalue weighted by molar-refractivity contribution is -0.121. The van der Waals surface area contributed by atoms with E-state index in [4.69, 9.17) is 0 Å². The molecular formula is C21H20F2N4O. The zero-order valence-corrected chi connectivity index (χ0v) is 15.2. The predicted octanol–water partition coefficient (Wildman–Crippen LogP) is 3.67. The van der Waals surface area contributed by atoms with Gasteiger partial charge in [0, 0.05) is 36.1 Å². The Bertz CT molecular complexity index is 967. The van der Waals surface area contributed by atoms with Crippen LogP contribution in [0, 0.1) is 11.6 Å². The molecule has 0 aliphatic heterocycles. The van der Waals surface area contributed by atoms with Gasteiger partial charge in [-0.3, -0.25) is 9.78 Å². The van der Waals surface area contributed by atoms with Gasteiger partial charge >= 0.3 is 0 Å². The zero-order valence-electron chi connectivity index (χ0n) is 15.2. The van der Waals surface area contributed by atoms with Crippen molar-refractivity contribution in [1.29, 1.82) is 0 Å². The van der Waals surface area contributed by atoms with E-state index in [-0.39, 0.29) is 11.9 Å². The van der Waals surface area contributed by atoms with Crippen LogP contribution in [0.25, 0.3) is 5.69 Å². The molecule has 3 aromatic rings. The summed E-state index contributed by atoms with van der Waals surface area (Å²) in [5.74, 6) is -1.31. The van der Waals surface area contributed by atoms with Gasteiger partial charge in [-0.15, -0.1) is 0 Å². The molecule has 0 saturated carbocycles. The Morgan fingerprint density at radius 3 is 2.68 bits per heavy atom. The Morgan fingerprint density at radius 2 is 1.93 bits per heavy atom. The summed E-state index contributed by atoms with van der Waals surface area (Å²) in [7, 11) is 0. The van der Waals surface area contributed by atoms with Crippen molar-refractivity contribution in [3.8, 4) is 5.69 Å². The second-order valence-electron chi connectivity index (χ2n) is 6.95. The van der Waals surface area contributed by atoms with E-state index in [1.165, 1.54) is 12.1 Å². The highest BCUT2D eigenvalue weighted by Gasteiger charge is 2.26. The van der Waals surface area contributed by atoms with Crippen molar-refractivity contribution in [2.24, 2.45) is 0 Å². The van der Waals surface area contributed by atoms with E-state index >= 15 is 0 Å². The molecule has 0 radical (unpaired) electrons. The van der Waals surface area contributed by atoms with Crippen molar-refractivity contribution in [2.75, 3.05) is 0 Å². The van der Waals surface area contributed by atoms with E-state index in [9.17, 15) is 13.6 Å². The predicted molar refractivity (Wildman–Crippen MR) is 99.9 cm³/mol. The maximum Gasteiger partial charge on any atom is 0.220 e. The minimum atomic E-state index is -0.643. The summed E-state index contributed by atoms with van der Waals surface area (Å²) in [6, 6.07) is 7.01. The molecule has 1 aliphatic rings. The molecule has 0 bridgehead atoms. The molecule has 144 valence electrons. The molecule has 7 heteroatoms. The molecule has 0 fully saturated rings. The monoisotopic (exact) mass is 382 g/mol. The fraction of sp³-hybridized carbons (Fsp3) is 0.286. The number of nitrogens with one attached hydrogen (secondary N) is 1. The number of carbonyl (C=O) groups excluding carboxylic acids is 1. The van der Waals surface area contributed by atoms with Gasteiger partial charge in [-0.2, -0.15) is 5.10 Å². The van der Waals surface area contributed by atoms with Crippen molar-refractivity contribution >= 4 is 5.91 Å². The van der Waals surface area contributed by atoms with Crippen LogP contribution >= 0.6 is 0 Å². The van der Waals surface area contributed by atoms with Crippen LogP contribution in [0.2, 0.25) is 0 Å². The maximum absolute atomic E-state index is 13.6. The molecule has 1 atom stereocenters. The van der Waals surface area contributed by atoms with Gasteiger partial charge in [0.15, 0.2) is 0 Å². The van der Waals surface area contributed by atoms with Gasteiger partial charge in [-0.05, 0) is 55.5 Å². The summed E-state index contributed by atoms with van der Waals surface area (Å²) in [6.07, 6.45) is 8.58. The van der Waals surface area contributed by atoms with Crippen LogP contribution in [0.15, 0.2) is 48.9 Å². The summed E-state index contributed by atoms with van der Waals surface area (Å²) in [5.41, 5.74) is 3.21. The number of hydrogen-bond donors (Lipinski definition) is 1. The molecule has 0 spiro atoms. The minimum Gasteiger partial charge on any atom is -0.349 e. The van der Waals surface area contributed by atoms with Crippen LogP contribution in [-0.2, 0) is 17.6 Å². The lowest BCUT2D eigenvalue weighted by Gasteiger charge is -2.24. The topological polar surface area (TPSA) is 59.8 Å². The van der Waals surface area contributed by atoms with Crippen molar-refractivity contribution in [3.63, 3.8) is 0 Å². The van der Waals surface area contributed by atoms with Gasteiger partial charge in [0.1, 0.15) is 11.6 Å². The number of pyridine rings is 1. The van der Waals surface area contributed by atoms with Crippen molar-refractivity contribution in [2.45, 2.75) is 38.1 Å². The maximum atomic E-state index is 13.6. The number of aryl methyl sites for hydroxylation is 1. The van der Waals surface area contributed by atoms with E-state index in [0.29, 0.717) is 18.5 Å². The number of nitrogens with zero attached hydrogens (tertiary/aromatic N) is 3. The van der Waals surface area contributed by atoms with Crippen LogP contribution in [0.3, 0.4) is 0 Å². The first-order valence-electron chi connectivity index (χ1n) is 9.31. The fourth-order valence-corrected chi connectivity index (χ4v) is 3.66. The van der Waals surface area contributed by atoms with Gasteiger partial charge in [0.2, 0.25) is 5.91 Å². The highest BCUT2D eigenvalue weighted by Crippen LogP contribution is 2.31. The molecule has 1 aliphatic carbocycles. The molecule has 2 aromatic heterocycles. The first-order valence-corrected chi connectivity index (χ1v) is 9.31. The van der Waals surface area contributed by atoms with Gasteiger partial charge in [0.05, 0.1) is 17.9 Å². The molecule has 1 amide bonds. The van der Waals surface area contributed by atoms with Crippen molar-refractivity contribution in [3.05, 3.63) is 77.4 Å². The largest absolute Gasteiger partial charge is 0.349 e. The van der Waals surface area contributed by atoms with Crippen LogP contribution in [0.4, 0.5) is 8.78 Å². The number of halogens is 2. The molecule has 1 aromatic carbocycles. The van der Waals surface area contributed by atoms with E-state index < -0.39 is 11.6 Å². The molecular weight excluding hydrogens is 362 g/mol. The number of benzene rings is 1. The summed E-state index contributed by atoms with van der Waals surface area (Å²) < 4.78 is 28.7. The van der Waals surface area contributed by atoms with Gasteiger partial charge < -0.3 is 5.32 Å². The van der Waals surface area contributed by atoms with Gasteiger partial charge in [0.25, 0.3) is 0 Å². The Morgan fingerprint density at radius 1 is 1.18 bits per heavy atom. The smallest absolute Gasteiger partial charge is 0.220 e. The SMILES string of the molecule is O=C(CCc1ccncc1)N[C@H]1CCCc2c1cnn2-c1cc(F)cc(F)c1. The van der Waals surface area contributed by atoms with Crippen LogP contribution < -0.4 is 5.32 Å². The Labute approximate surface area is 161 Å². The number of amides is 1. The number of hydrogen-bond acceptors (Lipinski definition) is 3. The second kappa shape index (κ2) is 7.88. The highest BCUT2D eigenvalue weighted by atomic mass is 19.1. The van der Waals surface area contributed by atoms with Crippen molar-refractivity contribution < 1.29 is 13.6 Å². The van der Waals surface area contributed by atoms with Gasteiger partial charge in [-0.25, -0.2) is 13.5 Å². The second-order valence-corrected chi connectivity index (χ2v) is 6.95. The molecule has 2 heterocycles. The first-order chi connectivity index (χ1) is 13.6. The molecule has 0 unspecified atom stereocenters. The molecule has 28 heavy (non-hydrogen) atoms. The Balaban J connectivity index is 1.48. The number of rotatable bonds is 5.